The summed E-state index contributed by atoms with van der Waals surface area (Å²) in [6.45, 7) is 3.97. The number of benzene rings is 1. The zero-order valence-corrected chi connectivity index (χ0v) is 11.4. The molecule has 1 amide bonds. The molecule has 1 aliphatic rings. The van der Waals surface area contributed by atoms with E-state index in [1.54, 1.807) is 0 Å². The van der Waals surface area contributed by atoms with Gasteiger partial charge in [0.15, 0.2) is 0 Å². The first-order chi connectivity index (χ1) is 9.28. The molecule has 1 aliphatic heterocycles. The summed E-state index contributed by atoms with van der Waals surface area (Å²) in [6.07, 6.45) is 4.14. The van der Waals surface area contributed by atoms with E-state index in [2.05, 4.69) is 10.2 Å². The van der Waals surface area contributed by atoms with E-state index in [4.69, 9.17) is 5.73 Å². The molecule has 1 saturated heterocycles. The first-order valence-electron chi connectivity index (χ1n) is 7.09. The summed E-state index contributed by atoms with van der Waals surface area (Å²) in [5.74, 6) is 0.0969. The van der Waals surface area contributed by atoms with E-state index in [0.717, 1.165) is 24.2 Å². The molecule has 0 saturated carbocycles. The van der Waals surface area contributed by atoms with Crippen LogP contribution in [0, 0.1) is 0 Å². The number of anilines is 1. The molecule has 0 atom stereocenters. The summed E-state index contributed by atoms with van der Waals surface area (Å²) in [5.41, 5.74) is 7.46. The van der Waals surface area contributed by atoms with Crippen molar-refractivity contribution in [1.29, 1.82) is 0 Å². The Bertz CT molecular complexity index is 396. The lowest BCUT2D eigenvalue weighted by Crippen LogP contribution is -2.22. The van der Waals surface area contributed by atoms with Crippen molar-refractivity contribution < 1.29 is 4.79 Å². The van der Waals surface area contributed by atoms with E-state index in [9.17, 15) is 4.79 Å². The average molecular weight is 261 g/mol. The third-order valence-electron chi connectivity index (χ3n) is 3.55. The van der Waals surface area contributed by atoms with Crippen LogP contribution in [0.1, 0.15) is 31.2 Å². The molecular weight excluding hydrogens is 238 g/mol. The van der Waals surface area contributed by atoms with Crippen LogP contribution in [0.5, 0.6) is 0 Å². The van der Waals surface area contributed by atoms with Crippen molar-refractivity contribution in [3.05, 3.63) is 29.8 Å². The van der Waals surface area contributed by atoms with Gasteiger partial charge in [-0.15, -0.1) is 0 Å². The fourth-order valence-electron chi connectivity index (χ4n) is 2.42. The van der Waals surface area contributed by atoms with Gasteiger partial charge in [0.1, 0.15) is 0 Å². The monoisotopic (exact) mass is 261 g/mol. The summed E-state index contributed by atoms with van der Waals surface area (Å²) in [4.78, 5) is 14.2. The lowest BCUT2D eigenvalue weighted by atomic mass is 10.2. The Morgan fingerprint density at radius 1 is 1.21 bits per heavy atom. The van der Waals surface area contributed by atoms with Crippen LogP contribution in [-0.2, 0) is 11.3 Å². The van der Waals surface area contributed by atoms with Gasteiger partial charge >= 0.3 is 0 Å². The van der Waals surface area contributed by atoms with Crippen molar-refractivity contribution in [2.75, 3.05) is 25.0 Å². The summed E-state index contributed by atoms with van der Waals surface area (Å²) in [5, 5.41) is 2.92. The van der Waals surface area contributed by atoms with E-state index < -0.39 is 0 Å². The molecule has 1 aromatic carbocycles. The minimum absolute atomic E-state index is 0.0969. The van der Waals surface area contributed by atoms with Crippen LogP contribution in [0.4, 0.5) is 5.69 Å². The third kappa shape index (κ3) is 4.65. The molecule has 1 fully saturated rings. The van der Waals surface area contributed by atoms with E-state index in [1.807, 2.05) is 24.3 Å². The molecule has 3 N–H and O–H groups in total. The predicted molar refractivity (Wildman–Crippen MR) is 77.9 cm³/mol. The maximum absolute atomic E-state index is 11.8. The standard InChI is InChI=1S/C15H23N3O/c16-12-13-5-7-14(8-6-13)17-15(19)4-3-11-18-9-1-2-10-18/h5-8H,1-4,9-12,16H2,(H,17,19). The van der Waals surface area contributed by atoms with Crippen molar-refractivity contribution in [1.82, 2.24) is 4.90 Å². The maximum atomic E-state index is 11.8. The Balaban J connectivity index is 1.68. The van der Waals surface area contributed by atoms with Crippen LogP contribution in [-0.4, -0.2) is 30.4 Å². The number of carbonyl (C=O) groups excluding carboxylic acids is 1. The molecule has 4 heteroatoms. The van der Waals surface area contributed by atoms with E-state index in [-0.39, 0.29) is 5.91 Å². The van der Waals surface area contributed by atoms with Crippen LogP contribution in [0.3, 0.4) is 0 Å². The second-order valence-electron chi connectivity index (χ2n) is 5.10. The van der Waals surface area contributed by atoms with Gasteiger partial charge in [0.05, 0.1) is 0 Å². The Morgan fingerprint density at radius 3 is 2.53 bits per heavy atom. The van der Waals surface area contributed by atoms with Crippen LogP contribution >= 0.6 is 0 Å². The SMILES string of the molecule is NCc1ccc(NC(=O)CCCN2CCCC2)cc1. The number of carbonyl (C=O) groups is 1. The molecule has 0 aromatic heterocycles. The highest BCUT2D eigenvalue weighted by Gasteiger charge is 2.11. The van der Waals surface area contributed by atoms with Crippen LogP contribution in [0.2, 0.25) is 0 Å². The molecule has 4 nitrogen and oxygen atoms in total. The molecule has 1 aromatic rings. The fraction of sp³-hybridized carbons (Fsp3) is 0.533. The Morgan fingerprint density at radius 2 is 1.89 bits per heavy atom. The highest BCUT2D eigenvalue weighted by molar-refractivity contribution is 5.90. The molecule has 0 unspecified atom stereocenters. The zero-order valence-electron chi connectivity index (χ0n) is 11.4. The lowest BCUT2D eigenvalue weighted by molar-refractivity contribution is -0.116. The second-order valence-corrected chi connectivity index (χ2v) is 5.10. The fourth-order valence-corrected chi connectivity index (χ4v) is 2.42. The number of nitrogens with one attached hydrogen (secondary N) is 1. The normalized spacial score (nSPS) is 15.6. The minimum Gasteiger partial charge on any atom is -0.326 e. The molecular formula is C15H23N3O. The first kappa shape index (κ1) is 14.0. The van der Waals surface area contributed by atoms with Crippen molar-refractivity contribution in [3.8, 4) is 0 Å². The quantitative estimate of drug-likeness (QED) is 0.823. The Kier molecular flexibility index (Phi) is 5.36. The first-order valence-corrected chi connectivity index (χ1v) is 7.09. The number of nitrogens with two attached hydrogens (primary N) is 1. The molecule has 0 spiro atoms. The summed E-state index contributed by atoms with van der Waals surface area (Å²) >= 11 is 0. The number of rotatable bonds is 6. The predicted octanol–water partition coefficient (Wildman–Crippen LogP) is 1.96. The van der Waals surface area contributed by atoms with E-state index >= 15 is 0 Å². The van der Waals surface area contributed by atoms with Gasteiger partial charge in [-0.25, -0.2) is 0 Å². The highest BCUT2D eigenvalue weighted by Crippen LogP contribution is 2.11. The van der Waals surface area contributed by atoms with Gasteiger partial charge in [-0.3, -0.25) is 4.79 Å². The van der Waals surface area contributed by atoms with Gasteiger partial charge in [0.2, 0.25) is 5.91 Å². The van der Waals surface area contributed by atoms with Crippen molar-refractivity contribution in [3.63, 3.8) is 0 Å². The van der Waals surface area contributed by atoms with Gasteiger partial charge in [0.25, 0.3) is 0 Å². The summed E-state index contributed by atoms with van der Waals surface area (Å²) < 4.78 is 0. The van der Waals surface area contributed by atoms with Crippen molar-refractivity contribution >= 4 is 11.6 Å². The van der Waals surface area contributed by atoms with Gasteiger partial charge in [0, 0.05) is 18.7 Å². The smallest absolute Gasteiger partial charge is 0.224 e. The van der Waals surface area contributed by atoms with Crippen molar-refractivity contribution in [2.45, 2.75) is 32.2 Å². The number of amides is 1. The minimum atomic E-state index is 0.0969. The van der Waals surface area contributed by atoms with Gasteiger partial charge in [-0.1, -0.05) is 12.1 Å². The Hall–Kier alpha value is -1.39. The largest absolute Gasteiger partial charge is 0.326 e. The molecule has 0 bridgehead atoms. The van der Waals surface area contributed by atoms with Crippen LogP contribution < -0.4 is 11.1 Å². The van der Waals surface area contributed by atoms with Crippen LogP contribution in [0.15, 0.2) is 24.3 Å². The summed E-state index contributed by atoms with van der Waals surface area (Å²) in [6, 6.07) is 7.70. The van der Waals surface area contributed by atoms with Crippen LogP contribution in [0.25, 0.3) is 0 Å². The Labute approximate surface area is 115 Å². The summed E-state index contributed by atoms with van der Waals surface area (Å²) in [7, 11) is 0. The average Bonchev–Trinajstić information content (AvgIpc) is 2.93. The molecule has 104 valence electrons. The molecule has 0 aliphatic carbocycles. The molecule has 19 heavy (non-hydrogen) atoms. The number of hydrogen-bond donors (Lipinski definition) is 2. The topological polar surface area (TPSA) is 58.4 Å². The van der Waals surface area contributed by atoms with Crippen molar-refractivity contribution in [2.24, 2.45) is 5.73 Å². The number of nitrogens with zero attached hydrogens (tertiary/aromatic N) is 1. The molecule has 2 rings (SSSR count). The van der Waals surface area contributed by atoms with Gasteiger partial charge in [-0.05, 0) is 56.6 Å². The zero-order chi connectivity index (χ0) is 13.5. The molecule has 1 heterocycles. The third-order valence-corrected chi connectivity index (χ3v) is 3.55. The lowest BCUT2D eigenvalue weighted by Gasteiger charge is -2.13. The van der Waals surface area contributed by atoms with E-state index in [0.29, 0.717) is 13.0 Å². The molecule has 0 radical (unpaired) electrons. The number of hydrogen-bond acceptors (Lipinski definition) is 3. The highest BCUT2D eigenvalue weighted by atomic mass is 16.1. The van der Waals surface area contributed by atoms with E-state index in [1.165, 1.54) is 25.9 Å². The van der Waals surface area contributed by atoms with Gasteiger partial charge in [-0.2, -0.15) is 0 Å². The maximum Gasteiger partial charge on any atom is 0.224 e. The number of likely N-dealkylation sites (tertiary alicyclic amines) is 1. The second kappa shape index (κ2) is 7.26. The van der Waals surface area contributed by atoms with Gasteiger partial charge < -0.3 is 16.0 Å².